The molecule has 0 atom stereocenters. The molecule has 5 nitrogen and oxygen atoms in total. The maximum Gasteiger partial charge on any atom is 0.253 e. The Morgan fingerprint density at radius 1 is 1.15 bits per heavy atom. The normalized spacial score (nSPS) is 10.8. The van der Waals surface area contributed by atoms with Crippen molar-refractivity contribution in [2.45, 2.75) is 27.3 Å². The van der Waals surface area contributed by atoms with Gasteiger partial charge in [0.1, 0.15) is 5.82 Å². The second kappa shape index (κ2) is 8.35. The largest absolute Gasteiger partial charge is 0.357 e. The van der Waals surface area contributed by atoms with Crippen LogP contribution in [0.3, 0.4) is 0 Å². The maximum absolute atomic E-state index is 12.6. The summed E-state index contributed by atoms with van der Waals surface area (Å²) in [6, 6.07) is 11.3. The van der Waals surface area contributed by atoms with Crippen molar-refractivity contribution in [3.05, 3.63) is 64.4 Å². The van der Waals surface area contributed by atoms with Gasteiger partial charge >= 0.3 is 0 Å². The molecule has 0 spiro atoms. The Morgan fingerprint density at radius 2 is 1.93 bits per heavy atom. The topological polar surface area (TPSA) is 58.1 Å². The molecule has 1 N–H and O–H groups in total. The molecule has 0 radical (unpaired) electrons. The second-order valence-corrected chi connectivity index (χ2v) is 6.77. The first kappa shape index (κ1) is 19.1. The SMILES string of the molecule is CCN(CC)c1ccc(CNC(=O)c2cc3ccc(Cl)cc3nc2C)cn1. The molecule has 0 saturated heterocycles. The number of hydrogen-bond donors (Lipinski definition) is 1. The molecule has 2 aromatic heterocycles. The molecule has 0 aliphatic rings. The van der Waals surface area contributed by atoms with Gasteiger partial charge in [-0.3, -0.25) is 9.78 Å². The lowest BCUT2D eigenvalue weighted by atomic mass is 10.1. The molecule has 3 rings (SSSR count). The summed E-state index contributed by atoms with van der Waals surface area (Å²) in [5.74, 6) is 0.799. The minimum absolute atomic E-state index is 0.148. The van der Waals surface area contributed by atoms with Crippen LogP contribution in [0.4, 0.5) is 5.82 Å². The third kappa shape index (κ3) is 4.37. The average molecular weight is 383 g/mol. The zero-order chi connectivity index (χ0) is 19.4. The molecule has 0 bridgehead atoms. The maximum atomic E-state index is 12.6. The molecule has 0 aliphatic heterocycles. The number of carbonyl (C=O) groups is 1. The lowest BCUT2D eigenvalue weighted by molar-refractivity contribution is 0.0950. The van der Waals surface area contributed by atoms with Crippen LogP contribution in [0.2, 0.25) is 5.02 Å². The van der Waals surface area contributed by atoms with Crippen LogP contribution in [0.15, 0.2) is 42.6 Å². The molecule has 0 fully saturated rings. The minimum atomic E-state index is -0.148. The molecule has 3 aromatic rings. The van der Waals surface area contributed by atoms with Gasteiger partial charge in [0, 0.05) is 36.2 Å². The van der Waals surface area contributed by atoms with Crippen LogP contribution in [0.1, 0.15) is 35.5 Å². The third-order valence-corrected chi connectivity index (χ3v) is 4.80. The van der Waals surface area contributed by atoms with Crippen LogP contribution in [0.5, 0.6) is 0 Å². The van der Waals surface area contributed by atoms with Gasteiger partial charge in [-0.2, -0.15) is 0 Å². The Bertz CT molecular complexity index is 952. The quantitative estimate of drug-likeness (QED) is 0.687. The number of fused-ring (bicyclic) bond motifs is 1. The summed E-state index contributed by atoms with van der Waals surface area (Å²) >= 11 is 6.01. The second-order valence-electron chi connectivity index (χ2n) is 6.34. The van der Waals surface area contributed by atoms with Gasteiger partial charge in [0.15, 0.2) is 0 Å². The van der Waals surface area contributed by atoms with Crippen molar-refractivity contribution in [1.29, 1.82) is 0 Å². The van der Waals surface area contributed by atoms with Gasteiger partial charge < -0.3 is 10.2 Å². The zero-order valence-corrected chi connectivity index (χ0v) is 16.5. The van der Waals surface area contributed by atoms with Crippen molar-refractivity contribution in [1.82, 2.24) is 15.3 Å². The lowest BCUT2D eigenvalue weighted by Crippen LogP contribution is -2.25. The molecule has 1 amide bonds. The number of nitrogens with one attached hydrogen (secondary N) is 1. The van der Waals surface area contributed by atoms with Crippen molar-refractivity contribution in [3.8, 4) is 0 Å². The van der Waals surface area contributed by atoms with Crippen molar-refractivity contribution < 1.29 is 4.79 Å². The van der Waals surface area contributed by atoms with E-state index in [4.69, 9.17) is 11.6 Å². The van der Waals surface area contributed by atoms with Gasteiger partial charge in [0.25, 0.3) is 5.91 Å². The lowest BCUT2D eigenvalue weighted by Gasteiger charge is -2.19. The Kier molecular flexibility index (Phi) is 5.91. The number of hydrogen-bond acceptors (Lipinski definition) is 4. The van der Waals surface area contributed by atoms with E-state index in [0.29, 0.717) is 22.8 Å². The van der Waals surface area contributed by atoms with Crippen LogP contribution < -0.4 is 10.2 Å². The molecule has 1 aromatic carbocycles. The molecular weight excluding hydrogens is 360 g/mol. The number of amides is 1. The van der Waals surface area contributed by atoms with Crippen molar-refractivity contribution in [3.63, 3.8) is 0 Å². The van der Waals surface area contributed by atoms with Gasteiger partial charge in [-0.25, -0.2) is 4.98 Å². The fourth-order valence-corrected chi connectivity index (χ4v) is 3.17. The monoisotopic (exact) mass is 382 g/mol. The van der Waals surface area contributed by atoms with E-state index < -0.39 is 0 Å². The first-order chi connectivity index (χ1) is 13.0. The number of carbonyl (C=O) groups excluding carboxylic acids is 1. The van der Waals surface area contributed by atoms with Crippen molar-refractivity contribution in [2.75, 3.05) is 18.0 Å². The Morgan fingerprint density at radius 3 is 2.59 bits per heavy atom. The van der Waals surface area contributed by atoms with Crippen LogP contribution in [-0.4, -0.2) is 29.0 Å². The number of nitrogens with zero attached hydrogens (tertiary/aromatic N) is 3. The van der Waals surface area contributed by atoms with Crippen LogP contribution in [-0.2, 0) is 6.54 Å². The zero-order valence-electron chi connectivity index (χ0n) is 15.8. The number of anilines is 1. The summed E-state index contributed by atoms with van der Waals surface area (Å²) in [6.07, 6.45) is 1.81. The predicted molar refractivity (Wildman–Crippen MR) is 110 cm³/mol. The molecule has 27 heavy (non-hydrogen) atoms. The summed E-state index contributed by atoms with van der Waals surface area (Å²) in [6.45, 7) is 8.29. The first-order valence-corrected chi connectivity index (χ1v) is 9.44. The smallest absolute Gasteiger partial charge is 0.253 e. The van der Waals surface area contributed by atoms with Gasteiger partial charge in [0.05, 0.1) is 16.8 Å². The van der Waals surface area contributed by atoms with E-state index in [9.17, 15) is 4.79 Å². The molecule has 0 unspecified atom stereocenters. The Labute approximate surface area is 164 Å². The van der Waals surface area contributed by atoms with E-state index in [2.05, 4.69) is 34.0 Å². The summed E-state index contributed by atoms with van der Waals surface area (Å²) in [5.41, 5.74) is 2.99. The summed E-state index contributed by atoms with van der Waals surface area (Å²) in [7, 11) is 0. The minimum Gasteiger partial charge on any atom is -0.357 e. The van der Waals surface area contributed by atoms with Gasteiger partial charge in [-0.05, 0) is 50.6 Å². The number of aryl methyl sites for hydroxylation is 1. The highest BCUT2D eigenvalue weighted by Gasteiger charge is 2.12. The summed E-state index contributed by atoms with van der Waals surface area (Å²) in [4.78, 5) is 23.8. The predicted octanol–water partition coefficient (Wildman–Crippen LogP) is 4.37. The fourth-order valence-electron chi connectivity index (χ4n) is 3.00. The highest BCUT2D eigenvalue weighted by Crippen LogP contribution is 2.20. The average Bonchev–Trinajstić information content (AvgIpc) is 2.67. The summed E-state index contributed by atoms with van der Waals surface area (Å²) < 4.78 is 0. The highest BCUT2D eigenvalue weighted by molar-refractivity contribution is 6.31. The third-order valence-electron chi connectivity index (χ3n) is 4.56. The van der Waals surface area contributed by atoms with E-state index in [0.717, 1.165) is 35.4 Å². The number of rotatable bonds is 6. The van der Waals surface area contributed by atoms with Crippen molar-refractivity contribution >= 4 is 34.2 Å². The van der Waals surface area contributed by atoms with Crippen LogP contribution >= 0.6 is 11.6 Å². The number of aromatic nitrogens is 2. The van der Waals surface area contributed by atoms with Gasteiger partial charge in [-0.15, -0.1) is 0 Å². The van der Waals surface area contributed by atoms with E-state index in [1.165, 1.54) is 0 Å². The van der Waals surface area contributed by atoms with E-state index in [-0.39, 0.29) is 5.91 Å². The number of pyridine rings is 2. The van der Waals surface area contributed by atoms with Crippen LogP contribution in [0.25, 0.3) is 10.9 Å². The Hall–Kier alpha value is -2.66. The molecule has 6 heteroatoms. The van der Waals surface area contributed by atoms with Crippen molar-refractivity contribution in [2.24, 2.45) is 0 Å². The molecule has 140 valence electrons. The van der Waals surface area contributed by atoms with Gasteiger partial charge in [0.2, 0.25) is 0 Å². The Balaban J connectivity index is 1.71. The number of benzene rings is 1. The molecule has 0 aliphatic carbocycles. The molecule has 2 heterocycles. The highest BCUT2D eigenvalue weighted by atomic mass is 35.5. The van der Waals surface area contributed by atoms with Crippen LogP contribution in [0, 0.1) is 6.92 Å². The van der Waals surface area contributed by atoms with Gasteiger partial charge in [-0.1, -0.05) is 23.7 Å². The first-order valence-electron chi connectivity index (χ1n) is 9.06. The number of halogens is 1. The van der Waals surface area contributed by atoms with E-state index in [1.807, 2.05) is 31.2 Å². The summed E-state index contributed by atoms with van der Waals surface area (Å²) in [5, 5.41) is 4.47. The fraction of sp³-hybridized carbons (Fsp3) is 0.286. The van der Waals surface area contributed by atoms with E-state index >= 15 is 0 Å². The molecular formula is C21H23ClN4O. The van der Waals surface area contributed by atoms with E-state index in [1.54, 1.807) is 18.3 Å². The molecule has 0 saturated carbocycles. The standard InChI is InChI=1S/C21H23ClN4O/c1-4-26(5-2)20-9-6-15(12-23-20)13-24-21(27)18-10-16-7-8-17(22)11-19(16)25-14(18)3/h6-12H,4-5,13H2,1-3H3,(H,24,27).